The standard InChI is InChI=1S/C16H15F3N8.C10H20O/c1-8-22-11-4-3-10(23-14(11)26(8)7-16(17,18)19)9-5-6-27-12(9)13(20)24-15(21-2)25-27;1-2-3-7-10(11)8-5-4-6-9-10/h3-6H,7H2,1-2H3,(H3,20,21,24,25);11H,2-9H2,1H3. The average molecular weight is 533 g/mol. The summed E-state index contributed by atoms with van der Waals surface area (Å²) in [5.74, 6) is 0.830. The summed E-state index contributed by atoms with van der Waals surface area (Å²) in [5.41, 5.74) is 7.93. The topological polar surface area (TPSA) is 119 Å². The van der Waals surface area contributed by atoms with Gasteiger partial charge in [-0.15, -0.1) is 5.10 Å². The van der Waals surface area contributed by atoms with E-state index in [-0.39, 0.29) is 22.9 Å². The summed E-state index contributed by atoms with van der Waals surface area (Å²) < 4.78 is 41.3. The molecule has 38 heavy (non-hydrogen) atoms. The van der Waals surface area contributed by atoms with E-state index in [1.54, 1.807) is 36.0 Å². The number of nitrogens with one attached hydrogen (secondary N) is 1. The first-order chi connectivity index (χ1) is 18.0. The Morgan fingerprint density at radius 2 is 1.84 bits per heavy atom. The highest BCUT2D eigenvalue weighted by atomic mass is 19.4. The molecular formula is C26H35F3N8O. The van der Waals surface area contributed by atoms with Crippen LogP contribution in [0.4, 0.5) is 24.9 Å². The quantitative estimate of drug-likeness (QED) is 0.300. The summed E-state index contributed by atoms with van der Waals surface area (Å²) in [6.07, 6.45) is 6.64. The molecule has 4 aromatic rings. The minimum Gasteiger partial charge on any atom is -0.390 e. The number of nitrogens with zero attached hydrogens (tertiary/aromatic N) is 6. The van der Waals surface area contributed by atoms with Gasteiger partial charge in [0, 0.05) is 18.8 Å². The molecule has 9 nitrogen and oxygen atoms in total. The predicted molar refractivity (Wildman–Crippen MR) is 142 cm³/mol. The molecule has 0 aliphatic heterocycles. The number of anilines is 2. The van der Waals surface area contributed by atoms with E-state index in [1.165, 1.54) is 39.0 Å². The first-order valence-electron chi connectivity index (χ1n) is 13.0. The van der Waals surface area contributed by atoms with Crippen molar-refractivity contribution in [3.63, 3.8) is 0 Å². The second-order valence-corrected chi connectivity index (χ2v) is 9.88. The summed E-state index contributed by atoms with van der Waals surface area (Å²) >= 11 is 0. The van der Waals surface area contributed by atoms with Crippen LogP contribution < -0.4 is 11.1 Å². The smallest absolute Gasteiger partial charge is 0.390 e. The molecular weight excluding hydrogens is 497 g/mol. The van der Waals surface area contributed by atoms with Crippen molar-refractivity contribution in [2.75, 3.05) is 18.1 Å². The lowest BCUT2D eigenvalue weighted by Crippen LogP contribution is -2.30. The number of imidazole rings is 1. The first kappa shape index (κ1) is 27.6. The van der Waals surface area contributed by atoms with Gasteiger partial charge < -0.3 is 20.7 Å². The molecule has 0 unspecified atom stereocenters. The molecule has 4 heterocycles. The van der Waals surface area contributed by atoms with Gasteiger partial charge in [0.2, 0.25) is 5.95 Å². The highest BCUT2D eigenvalue weighted by molar-refractivity contribution is 5.88. The molecule has 0 aromatic carbocycles. The number of halogens is 3. The van der Waals surface area contributed by atoms with E-state index >= 15 is 0 Å². The maximum Gasteiger partial charge on any atom is 0.406 e. The van der Waals surface area contributed by atoms with Gasteiger partial charge in [-0.2, -0.15) is 18.2 Å². The van der Waals surface area contributed by atoms with Gasteiger partial charge >= 0.3 is 6.18 Å². The van der Waals surface area contributed by atoms with E-state index in [2.05, 4.69) is 32.3 Å². The van der Waals surface area contributed by atoms with Crippen molar-refractivity contribution in [2.24, 2.45) is 0 Å². The molecule has 1 aliphatic rings. The van der Waals surface area contributed by atoms with Gasteiger partial charge in [-0.05, 0) is 44.4 Å². The Labute approximate surface area is 219 Å². The first-order valence-corrected chi connectivity index (χ1v) is 13.0. The molecule has 5 rings (SSSR count). The molecule has 0 saturated heterocycles. The van der Waals surface area contributed by atoms with Crippen LogP contribution in [0.1, 0.15) is 64.1 Å². The van der Waals surface area contributed by atoms with Crippen molar-refractivity contribution in [2.45, 2.75) is 83.5 Å². The number of hydrogen-bond acceptors (Lipinski definition) is 7. The molecule has 0 bridgehead atoms. The number of unbranched alkanes of at least 4 members (excludes halogenated alkanes) is 1. The molecule has 4 N–H and O–H groups in total. The van der Waals surface area contributed by atoms with Gasteiger partial charge in [-0.1, -0.05) is 39.0 Å². The number of nitrogen functional groups attached to an aromatic ring is 1. The van der Waals surface area contributed by atoms with Crippen LogP contribution in [0.2, 0.25) is 0 Å². The Bertz CT molecular complexity index is 1390. The van der Waals surface area contributed by atoms with Crippen LogP contribution >= 0.6 is 0 Å². The molecule has 0 spiro atoms. The minimum absolute atomic E-state index is 0.160. The number of alkyl halides is 3. The van der Waals surface area contributed by atoms with Gasteiger partial charge in [0.05, 0.1) is 11.3 Å². The number of aromatic nitrogens is 6. The number of fused-ring (bicyclic) bond motifs is 2. The summed E-state index contributed by atoms with van der Waals surface area (Å²) in [5, 5.41) is 17.1. The second-order valence-electron chi connectivity index (χ2n) is 9.88. The number of pyridine rings is 1. The van der Waals surface area contributed by atoms with Crippen LogP contribution in [-0.2, 0) is 6.54 Å². The van der Waals surface area contributed by atoms with Crippen molar-refractivity contribution < 1.29 is 18.3 Å². The van der Waals surface area contributed by atoms with Crippen LogP contribution in [-0.4, -0.2) is 53.1 Å². The Kier molecular flexibility index (Phi) is 8.10. The molecule has 0 amide bonds. The molecule has 0 radical (unpaired) electrons. The zero-order valence-corrected chi connectivity index (χ0v) is 22.0. The van der Waals surface area contributed by atoms with Gasteiger partial charge in [0.1, 0.15) is 23.4 Å². The SMILES string of the molecule is CCCCC1(O)CCCCC1.CNc1nc(N)c2c(-c3ccc4nc(C)n(CC(F)(F)F)c4n3)ccn2n1. The maximum atomic E-state index is 12.9. The average Bonchev–Trinajstić information content (AvgIpc) is 3.43. The monoisotopic (exact) mass is 532 g/mol. The zero-order chi connectivity index (χ0) is 27.5. The summed E-state index contributed by atoms with van der Waals surface area (Å²) in [6, 6.07) is 5.07. The fraction of sp³-hybridized carbons (Fsp3) is 0.538. The Morgan fingerprint density at radius 3 is 2.50 bits per heavy atom. The van der Waals surface area contributed by atoms with E-state index in [9.17, 15) is 18.3 Å². The lowest BCUT2D eigenvalue weighted by molar-refractivity contribution is -0.140. The summed E-state index contributed by atoms with van der Waals surface area (Å²) in [7, 11) is 1.67. The van der Waals surface area contributed by atoms with Crippen molar-refractivity contribution in [3.05, 3.63) is 30.2 Å². The van der Waals surface area contributed by atoms with E-state index in [4.69, 9.17) is 5.73 Å². The maximum absolute atomic E-state index is 12.9. The number of aryl methyl sites for hydroxylation is 1. The van der Waals surface area contributed by atoms with E-state index in [0.717, 1.165) is 23.8 Å². The van der Waals surface area contributed by atoms with Crippen molar-refractivity contribution in [1.82, 2.24) is 29.1 Å². The number of rotatable bonds is 6. The Balaban J connectivity index is 0.000000257. The summed E-state index contributed by atoms with van der Waals surface area (Å²) in [6.45, 7) is 2.55. The summed E-state index contributed by atoms with van der Waals surface area (Å²) in [4.78, 5) is 12.7. The zero-order valence-electron chi connectivity index (χ0n) is 22.0. The van der Waals surface area contributed by atoms with Gasteiger partial charge in [0.15, 0.2) is 11.5 Å². The molecule has 12 heteroatoms. The molecule has 1 aliphatic carbocycles. The lowest BCUT2D eigenvalue weighted by Gasteiger charge is -2.31. The molecule has 0 atom stereocenters. The van der Waals surface area contributed by atoms with Crippen molar-refractivity contribution in [3.8, 4) is 11.3 Å². The number of aliphatic hydroxyl groups is 1. The van der Waals surface area contributed by atoms with Crippen molar-refractivity contribution in [1.29, 1.82) is 0 Å². The second kappa shape index (κ2) is 11.1. The highest BCUT2D eigenvalue weighted by Gasteiger charge is 2.30. The van der Waals surface area contributed by atoms with Crippen molar-refractivity contribution >= 4 is 28.4 Å². The van der Waals surface area contributed by atoms with Crippen LogP contribution in [0.15, 0.2) is 24.4 Å². The lowest BCUT2D eigenvalue weighted by atomic mass is 9.81. The third kappa shape index (κ3) is 6.17. The van der Waals surface area contributed by atoms with E-state index < -0.39 is 12.7 Å². The molecule has 1 fully saturated rings. The van der Waals surface area contributed by atoms with Crippen LogP contribution in [0, 0.1) is 6.92 Å². The largest absolute Gasteiger partial charge is 0.406 e. The molecule has 206 valence electrons. The number of hydrogen-bond donors (Lipinski definition) is 3. The van der Waals surface area contributed by atoms with Gasteiger partial charge in [-0.25, -0.2) is 14.5 Å². The highest BCUT2D eigenvalue weighted by Crippen LogP contribution is 2.32. The fourth-order valence-electron chi connectivity index (χ4n) is 4.96. The molecule has 1 saturated carbocycles. The van der Waals surface area contributed by atoms with E-state index in [0.29, 0.717) is 28.2 Å². The number of nitrogens with two attached hydrogens (primary N) is 1. The normalized spacial score (nSPS) is 15.4. The van der Waals surface area contributed by atoms with E-state index in [1.807, 2.05) is 0 Å². The van der Waals surface area contributed by atoms with Gasteiger partial charge in [0.25, 0.3) is 0 Å². The van der Waals surface area contributed by atoms with Gasteiger partial charge in [-0.3, -0.25) is 0 Å². The molecule has 4 aromatic heterocycles. The Hall–Kier alpha value is -3.41. The van der Waals surface area contributed by atoms with Crippen LogP contribution in [0.25, 0.3) is 27.9 Å². The van der Waals surface area contributed by atoms with Crippen LogP contribution in [0.3, 0.4) is 0 Å². The third-order valence-electron chi connectivity index (χ3n) is 6.94. The predicted octanol–water partition coefficient (Wildman–Crippen LogP) is 5.51. The fourth-order valence-corrected chi connectivity index (χ4v) is 4.96. The minimum atomic E-state index is -4.37. The third-order valence-corrected chi connectivity index (χ3v) is 6.94. The Morgan fingerprint density at radius 1 is 1.11 bits per heavy atom. The van der Waals surface area contributed by atoms with Crippen LogP contribution in [0.5, 0.6) is 0 Å².